The van der Waals surface area contributed by atoms with Crippen molar-refractivity contribution in [1.29, 1.82) is 0 Å². The van der Waals surface area contributed by atoms with Crippen LogP contribution in [-0.4, -0.2) is 5.91 Å². The number of primary amides is 1. The van der Waals surface area contributed by atoms with Gasteiger partial charge in [-0.25, -0.2) is 8.78 Å². The molecule has 1 rings (SSSR count). The van der Waals surface area contributed by atoms with E-state index in [0.29, 0.717) is 0 Å². The van der Waals surface area contributed by atoms with Crippen molar-refractivity contribution >= 4 is 5.91 Å². The zero-order chi connectivity index (χ0) is 9.14. The highest BCUT2D eigenvalue weighted by atomic mass is 19.1. The number of hydrogen-bond donors (Lipinski definition) is 1. The Balaban J connectivity index is 2.97. The van der Waals surface area contributed by atoms with Gasteiger partial charge >= 0.3 is 0 Å². The number of rotatable bonds is 2. The molecule has 0 aliphatic heterocycles. The molecular weight excluding hydrogens is 164 g/mol. The van der Waals surface area contributed by atoms with Gasteiger partial charge in [0, 0.05) is 5.56 Å². The summed E-state index contributed by atoms with van der Waals surface area (Å²) in [6.07, 6.45) is 0.832. The molecule has 0 bridgehead atoms. The van der Waals surface area contributed by atoms with E-state index >= 15 is 0 Å². The maximum atomic E-state index is 12.7. The standard InChI is InChI=1S/C8H6F2NO/c9-6-1-2-7(10)5(3-6)4-8(11)12/h1-4H,(H2,11,12). The summed E-state index contributed by atoms with van der Waals surface area (Å²) in [5.41, 5.74) is 4.62. The number of hydrogen-bond acceptors (Lipinski definition) is 1. The van der Waals surface area contributed by atoms with Gasteiger partial charge in [0.1, 0.15) is 11.6 Å². The molecule has 0 unspecified atom stereocenters. The highest BCUT2D eigenvalue weighted by molar-refractivity contribution is 5.86. The molecule has 1 radical (unpaired) electrons. The third-order valence-electron chi connectivity index (χ3n) is 1.26. The Labute approximate surface area is 68.0 Å². The van der Waals surface area contributed by atoms with E-state index in [1.807, 2.05) is 0 Å². The lowest BCUT2D eigenvalue weighted by molar-refractivity contribution is -0.114. The van der Waals surface area contributed by atoms with Crippen LogP contribution in [0.4, 0.5) is 8.78 Å². The molecule has 1 aromatic carbocycles. The number of benzene rings is 1. The van der Waals surface area contributed by atoms with Crippen LogP contribution >= 0.6 is 0 Å². The van der Waals surface area contributed by atoms with Gasteiger partial charge in [0.05, 0.1) is 6.42 Å². The van der Waals surface area contributed by atoms with Crippen molar-refractivity contribution in [2.45, 2.75) is 0 Å². The Morgan fingerprint density at radius 3 is 2.67 bits per heavy atom. The van der Waals surface area contributed by atoms with Crippen molar-refractivity contribution in [1.82, 2.24) is 0 Å². The Kier molecular flexibility index (Phi) is 2.38. The van der Waals surface area contributed by atoms with Crippen molar-refractivity contribution in [3.8, 4) is 0 Å². The van der Waals surface area contributed by atoms with Crippen LogP contribution in [0.2, 0.25) is 0 Å². The van der Waals surface area contributed by atoms with E-state index in [4.69, 9.17) is 5.73 Å². The molecule has 0 spiro atoms. The van der Waals surface area contributed by atoms with Gasteiger partial charge in [0.2, 0.25) is 5.91 Å². The number of halogens is 2. The molecule has 0 saturated carbocycles. The second kappa shape index (κ2) is 3.30. The van der Waals surface area contributed by atoms with Gasteiger partial charge in [-0.1, -0.05) is 0 Å². The molecule has 0 aliphatic carbocycles. The van der Waals surface area contributed by atoms with E-state index in [1.54, 1.807) is 0 Å². The first-order valence-electron chi connectivity index (χ1n) is 3.19. The van der Waals surface area contributed by atoms with Crippen LogP contribution in [0.1, 0.15) is 5.56 Å². The lowest BCUT2D eigenvalue weighted by Gasteiger charge is -1.98. The molecule has 1 amide bonds. The second-order valence-corrected chi connectivity index (χ2v) is 2.21. The lowest BCUT2D eigenvalue weighted by Crippen LogP contribution is -2.12. The Morgan fingerprint density at radius 2 is 2.08 bits per heavy atom. The van der Waals surface area contributed by atoms with Crippen LogP contribution in [0.3, 0.4) is 0 Å². The maximum absolute atomic E-state index is 12.7. The Bertz CT molecular complexity index is 312. The van der Waals surface area contributed by atoms with E-state index in [2.05, 4.69) is 0 Å². The number of nitrogens with two attached hydrogens (primary N) is 1. The minimum atomic E-state index is -0.806. The van der Waals surface area contributed by atoms with Gasteiger partial charge in [0.15, 0.2) is 0 Å². The fourth-order valence-electron chi connectivity index (χ4n) is 0.778. The molecule has 1 aromatic rings. The smallest absolute Gasteiger partial charge is 0.226 e. The molecule has 63 valence electrons. The minimum absolute atomic E-state index is 0.137. The highest BCUT2D eigenvalue weighted by Gasteiger charge is 2.06. The summed E-state index contributed by atoms with van der Waals surface area (Å²) in [5.74, 6) is -2.08. The normalized spacial score (nSPS) is 9.83. The molecule has 0 heterocycles. The maximum Gasteiger partial charge on any atom is 0.226 e. The predicted molar refractivity (Wildman–Crippen MR) is 39.0 cm³/mol. The van der Waals surface area contributed by atoms with Gasteiger partial charge in [0.25, 0.3) is 0 Å². The zero-order valence-electron chi connectivity index (χ0n) is 6.05. The number of carbonyl (C=O) groups is 1. The van der Waals surface area contributed by atoms with Gasteiger partial charge < -0.3 is 5.73 Å². The third-order valence-corrected chi connectivity index (χ3v) is 1.26. The molecule has 0 aromatic heterocycles. The van der Waals surface area contributed by atoms with Gasteiger partial charge in [-0.2, -0.15) is 0 Å². The largest absolute Gasteiger partial charge is 0.369 e. The third kappa shape index (κ3) is 2.02. The van der Waals surface area contributed by atoms with Crippen molar-refractivity contribution in [3.05, 3.63) is 41.8 Å². The van der Waals surface area contributed by atoms with E-state index in [1.165, 1.54) is 0 Å². The van der Waals surface area contributed by atoms with Crippen LogP contribution in [0.5, 0.6) is 0 Å². The van der Waals surface area contributed by atoms with Gasteiger partial charge in [-0.3, -0.25) is 4.79 Å². The molecule has 0 saturated heterocycles. The summed E-state index contributed by atoms with van der Waals surface area (Å²) in [4.78, 5) is 10.3. The summed E-state index contributed by atoms with van der Waals surface area (Å²) < 4.78 is 25.2. The van der Waals surface area contributed by atoms with Crippen molar-refractivity contribution in [3.63, 3.8) is 0 Å². The van der Waals surface area contributed by atoms with Crippen LogP contribution < -0.4 is 5.73 Å². The summed E-state index contributed by atoms with van der Waals surface area (Å²) in [7, 11) is 0. The molecule has 0 fully saturated rings. The summed E-state index contributed by atoms with van der Waals surface area (Å²) in [6.45, 7) is 0. The first-order valence-corrected chi connectivity index (χ1v) is 3.19. The van der Waals surface area contributed by atoms with E-state index < -0.39 is 17.5 Å². The summed E-state index contributed by atoms with van der Waals surface area (Å²) >= 11 is 0. The van der Waals surface area contributed by atoms with Crippen molar-refractivity contribution in [2.24, 2.45) is 5.73 Å². The van der Waals surface area contributed by atoms with Crippen LogP contribution in [0, 0.1) is 18.1 Å². The molecule has 2 nitrogen and oxygen atoms in total. The number of amides is 1. The van der Waals surface area contributed by atoms with Crippen molar-refractivity contribution < 1.29 is 13.6 Å². The quantitative estimate of drug-likeness (QED) is 0.706. The van der Waals surface area contributed by atoms with Crippen LogP contribution in [-0.2, 0) is 4.79 Å². The average Bonchev–Trinajstić information content (AvgIpc) is 1.96. The monoisotopic (exact) mass is 170 g/mol. The van der Waals surface area contributed by atoms with Crippen LogP contribution in [0.15, 0.2) is 18.2 Å². The summed E-state index contributed by atoms with van der Waals surface area (Å²) in [6, 6.07) is 2.80. The van der Waals surface area contributed by atoms with Gasteiger partial charge in [-0.05, 0) is 18.2 Å². The van der Waals surface area contributed by atoms with E-state index in [-0.39, 0.29) is 5.56 Å². The van der Waals surface area contributed by atoms with Gasteiger partial charge in [-0.15, -0.1) is 0 Å². The summed E-state index contributed by atoms with van der Waals surface area (Å²) in [5, 5.41) is 0. The highest BCUT2D eigenvalue weighted by Crippen LogP contribution is 2.10. The van der Waals surface area contributed by atoms with E-state index in [0.717, 1.165) is 24.6 Å². The second-order valence-electron chi connectivity index (χ2n) is 2.21. The zero-order valence-corrected chi connectivity index (χ0v) is 6.05. The lowest BCUT2D eigenvalue weighted by atomic mass is 10.1. The molecule has 0 aliphatic rings. The Morgan fingerprint density at radius 1 is 1.42 bits per heavy atom. The Hall–Kier alpha value is -1.45. The molecule has 2 N–H and O–H groups in total. The fraction of sp³-hybridized carbons (Fsp3) is 0. The first-order chi connectivity index (χ1) is 5.59. The molecule has 12 heavy (non-hydrogen) atoms. The minimum Gasteiger partial charge on any atom is -0.369 e. The van der Waals surface area contributed by atoms with E-state index in [9.17, 15) is 13.6 Å². The van der Waals surface area contributed by atoms with Crippen molar-refractivity contribution in [2.75, 3.05) is 0 Å². The SMILES string of the molecule is NC(=O)[CH]c1cc(F)ccc1F. The topological polar surface area (TPSA) is 43.1 Å². The molecular formula is C8H6F2NO. The molecule has 0 atom stereocenters. The average molecular weight is 170 g/mol. The fourth-order valence-corrected chi connectivity index (χ4v) is 0.778. The first kappa shape index (κ1) is 8.64. The predicted octanol–water partition coefficient (Wildman–Crippen LogP) is 1.00. The number of carbonyl (C=O) groups excluding carboxylic acids is 1. The van der Waals surface area contributed by atoms with Crippen LogP contribution in [0.25, 0.3) is 0 Å². The molecule has 4 heteroatoms.